The van der Waals surface area contributed by atoms with Crippen LogP contribution >= 0.6 is 15.9 Å². The number of nitrogens with zero attached hydrogens (tertiary/aromatic N) is 2. The third-order valence-corrected chi connectivity index (χ3v) is 3.40. The van der Waals surface area contributed by atoms with Crippen molar-refractivity contribution in [3.63, 3.8) is 0 Å². The van der Waals surface area contributed by atoms with E-state index in [0.717, 1.165) is 28.4 Å². The highest BCUT2D eigenvalue weighted by Gasteiger charge is 2.07. The molecule has 2 rings (SSSR count). The Hall–Kier alpha value is -1.42. The molecule has 0 aliphatic heterocycles. The van der Waals surface area contributed by atoms with Crippen LogP contribution in [0, 0.1) is 0 Å². The van der Waals surface area contributed by atoms with E-state index in [1.54, 1.807) is 0 Å². The van der Waals surface area contributed by atoms with Crippen LogP contribution in [0.2, 0.25) is 0 Å². The van der Waals surface area contributed by atoms with Gasteiger partial charge in [-0.15, -0.1) is 0 Å². The maximum absolute atomic E-state index is 4.53. The van der Waals surface area contributed by atoms with E-state index in [4.69, 9.17) is 0 Å². The molecule has 106 valence electrons. The van der Waals surface area contributed by atoms with E-state index in [1.807, 2.05) is 6.07 Å². The average molecular weight is 334 g/mol. The Morgan fingerprint density at radius 1 is 1.15 bits per heavy atom. The Labute approximate surface area is 129 Å². The quantitative estimate of drug-likeness (QED) is 0.777. The summed E-state index contributed by atoms with van der Waals surface area (Å²) in [5.41, 5.74) is 2.41. The van der Waals surface area contributed by atoms with Crippen LogP contribution in [-0.4, -0.2) is 9.97 Å². The van der Waals surface area contributed by atoms with Crippen LogP contribution in [-0.2, 0) is 6.42 Å². The minimum absolute atomic E-state index is 0.306. The highest BCUT2D eigenvalue weighted by Crippen LogP contribution is 2.21. The summed E-state index contributed by atoms with van der Waals surface area (Å²) in [5.74, 6) is 1.96. The molecule has 0 atom stereocenters. The number of halogens is 1. The van der Waals surface area contributed by atoms with Gasteiger partial charge in [0.15, 0.2) is 0 Å². The molecule has 3 nitrogen and oxygen atoms in total. The molecule has 1 N–H and O–H groups in total. The Balaban J connectivity index is 2.16. The lowest BCUT2D eigenvalue weighted by molar-refractivity contribution is 0.771. The third kappa shape index (κ3) is 4.04. The highest BCUT2D eigenvalue weighted by molar-refractivity contribution is 9.10. The summed E-state index contributed by atoms with van der Waals surface area (Å²) < 4.78 is 0.807. The molecule has 0 amide bonds. The fraction of sp³-hybridized carbons (Fsp3) is 0.375. The van der Waals surface area contributed by atoms with Gasteiger partial charge in [0.1, 0.15) is 16.2 Å². The first kappa shape index (κ1) is 15.0. The zero-order valence-electron chi connectivity index (χ0n) is 12.2. The second-order valence-electron chi connectivity index (χ2n) is 5.16. The largest absolute Gasteiger partial charge is 0.340 e. The normalized spacial score (nSPS) is 10.8. The Kier molecular flexibility index (Phi) is 5.12. The van der Waals surface area contributed by atoms with Crippen molar-refractivity contribution in [2.45, 2.75) is 39.5 Å². The minimum Gasteiger partial charge on any atom is -0.340 e. The van der Waals surface area contributed by atoms with Gasteiger partial charge in [-0.2, -0.15) is 0 Å². The van der Waals surface area contributed by atoms with Crippen molar-refractivity contribution >= 4 is 27.4 Å². The molecule has 2 aromatic rings. The molecule has 0 bridgehead atoms. The minimum atomic E-state index is 0.306. The first-order valence-electron chi connectivity index (χ1n) is 6.99. The van der Waals surface area contributed by atoms with Gasteiger partial charge >= 0.3 is 0 Å². The van der Waals surface area contributed by atoms with Crippen LogP contribution < -0.4 is 5.32 Å². The molecule has 4 heteroatoms. The van der Waals surface area contributed by atoms with Gasteiger partial charge in [-0.05, 0) is 40.0 Å². The van der Waals surface area contributed by atoms with Gasteiger partial charge in [-0.1, -0.05) is 39.3 Å². The fourth-order valence-electron chi connectivity index (χ4n) is 1.95. The SMILES string of the molecule is CCCc1ccc(Nc2cc(Br)nc(C(C)C)n2)cc1. The predicted molar refractivity (Wildman–Crippen MR) is 87.5 cm³/mol. The summed E-state index contributed by atoms with van der Waals surface area (Å²) in [6.07, 6.45) is 2.29. The van der Waals surface area contributed by atoms with Crippen molar-refractivity contribution in [2.24, 2.45) is 0 Å². The second-order valence-corrected chi connectivity index (χ2v) is 5.97. The van der Waals surface area contributed by atoms with Gasteiger partial charge in [0, 0.05) is 17.7 Å². The molecule has 0 spiro atoms. The number of aromatic nitrogens is 2. The summed E-state index contributed by atoms with van der Waals surface area (Å²) in [5, 5.41) is 3.33. The lowest BCUT2D eigenvalue weighted by Crippen LogP contribution is -2.02. The number of benzene rings is 1. The first-order valence-corrected chi connectivity index (χ1v) is 7.78. The van der Waals surface area contributed by atoms with Gasteiger partial charge in [0.05, 0.1) is 0 Å². The number of rotatable bonds is 5. The maximum Gasteiger partial charge on any atom is 0.135 e. The van der Waals surface area contributed by atoms with Crippen molar-refractivity contribution in [3.05, 3.63) is 46.3 Å². The van der Waals surface area contributed by atoms with Gasteiger partial charge in [-0.3, -0.25) is 0 Å². The molecule has 1 aromatic heterocycles. The van der Waals surface area contributed by atoms with Crippen molar-refractivity contribution in [2.75, 3.05) is 5.32 Å². The third-order valence-electron chi connectivity index (χ3n) is 2.99. The van der Waals surface area contributed by atoms with Crippen LogP contribution in [0.3, 0.4) is 0 Å². The number of hydrogen-bond acceptors (Lipinski definition) is 3. The highest BCUT2D eigenvalue weighted by atomic mass is 79.9. The van der Waals surface area contributed by atoms with Gasteiger partial charge in [0.2, 0.25) is 0 Å². The molecule has 0 unspecified atom stereocenters. The van der Waals surface area contributed by atoms with Crippen molar-refractivity contribution < 1.29 is 0 Å². The molecule has 0 fully saturated rings. The van der Waals surface area contributed by atoms with E-state index >= 15 is 0 Å². The van der Waals surface area contributed by atoms with E-state index in [-0.39, 0.29) is 0 Å². The van der Waals surface area contributed by atoms with Crippen LogP contribution in [0.5, 0.6) is 0 Å². The van der Waals surface area contributed by atoms with E-state index < -0.39 is 0 Å². The Bertz CT molecular complexity index is 564. The average Bonchev–Trinajstić information content (AvgIpc) is 2.40. The molecule has 0 aliphatic rings. The molecule has 0 aliphatic carbocycles. The first-order chi connectivity index (χ1) is 9.58. The Morgan fingerprint density at radius 3 is 2.45 bits per heavy atom. The van der Waals surface area contributed by atoms with Crippen molar-refractivity contribution in [1.29, 1.82) is 0 Å². The van der Waals surface area contributed by atoms with Crippen LogP contribution in [0.15, 0.2) is 34.9 Å². The lowest BCUT2D eigenvalue weighted by Gasteiger charge is -2.10. The second kappa shape index (κ2) is 6.84. The van der Waals surface area contributed by atoms with Crippen LogP contribution in [0.4, 0.5) is 11.5 Å². The molecule has 0 saturated heterocycles. The molecule has 1 aromatic carbocycles. The van der Waals surface area contributed by atoms with E-state index in [1.165, 1.54) is 12.0 Å². The van der Waals surface area contributed by atoms with E-state index in [2.05, 4.69) is 76.3 Å². The van der Waals surface area contributed by atoms with Gasteiger partial charge in [-0.25, -0.2) is 9.97 Å². The van der Waals surface area contributed by atoms with Gasteiger partial charge < -0.3 is 5.32 Å². The standard InChI is InChI=1S/C16H20BrN3/c1-4-5-12-6-8-13(9-7-12)18-15-10-14(17)19-16(20-15)11(2)3/h6-11H,4-5H2,1-3H3,(H,18,19,20). The molecule has 0 saturated carbocycles. The monoisotopic (exact) mass is 333 g/mol. The molecular formula is C16H20BrN3. The molecule has 0 radical (unpaired) electrons. The smallest absolute Gasteiger partial charge is 0.135 e. The number of anilines is 2. The molecular weight excluding hydrogens is 314 g/mol. The van der Waals surface area contributed by atoms with E-state index in [0.29, 0.717) is 5.92 Å². The summed E-state index contributed by atoms with van der Waals surface area (Å²) in [6.45, 7) is 6.37. The maximum atomic E-state index is 4.53. The van der Waals surface area contributed by atoms with Gasteiger partial charge in [0.25, 0.3) is 0 Å². The summed E-state index contributed by atoms with van der Waals surface area (Å²) in [7, 11) is 0. The Morgan fingerprint density at radius 2 is 1.85 bits per heavy atom. The number of hydrogen-bond donors (Lipinski definition) is 1. The van der Waals surface area contributed by atoms with Crippen LogP contribution in [0.25, 0.3) is 0 Å². The summed E-state index contributed by atoms with van der Waals surface area (Å²) in [6, 6.07) is 10.4. The van der Waals surface area contributed by atoms with E-state index in [9.17, 15) is 0 Å². The number of aryl methyl sites for hydroxylation is 1. The predicted octanol–water partition coefficient (Wildman–Crippen LogP) is 5.06. The van der Waals surface area contributed by atoms with Crippen molar-refractivity contribution in [1.82, 2.24) is 9.97 Å². The molecule has 1 heterocycles. The lowest BCUT2D eigenvalue weighted by atomic mass is 10.1. The zero-order valence-corrected chi connectivity index (χ0v) is 13.7. The zero-order chi connectivity index (χ0) is 14.5. The fourth-order valence-corrected chi connectivity index (χ4v) is 2.35. The van der Waals surface area contributed by atoms with Crippen molar-refractivity contribution in [3.8, 4) is 0 Å². The number of nitrogens with one attached hydrogen (secondary N) is 1. The molecule has 20 heavy (non-hydrogen) atoms. The van der Waals surface area contributed by atoms with Crippen LogP contribution in [0.1, 0.15) is 44.5 Å². The summed E-state index contributed by atoms with van der Waals surface area (Å²) in [4.78, 5) is 8.91. The summed E-state index contributed by atoms with van der Waals surface area (Å²) >= 11 is 3.44. The topological polar surface area (TPSA) is 37.8 Å².